The molecule has 0 radical (unpaired) electrons. The number of halogens is 3. The van der Waals surface area contributed by atoms with Gasteiger partial charge in [-0.2, -0.15) is 13.2 Å². The van der Waals surface area contributed by atoms with Crippen molar-refractivity contribution in [2.75, 3.05) is 0 Å². The summed E-state index contributed by atoms with van der Waals surface area (Å²) in [5, 5.41) is 0. The van der Waals surface area contributed by atoms with E-state index in [4.69, 9.17) is 0 Å². The number of benzene rings is 2. The van der Waals surface area contributed by atoms with E-state index in [1.165, 1.54) is 12.1 Å². The molecular formula is C14H9F3O. The molecular weight excluding hydrogens is 241 g/mol. The van der Waals surface area contributed by atoms with Crippen molar-refractivity contribution in [1.29, 1.82) is 0 Å². The van der Waals surface area contributed by atoms with Crippen LogP contribution in [0.15, 0.2) is 48.5 Å². The Kier molecular flexibility index (Phi) is 3.19. The molecule has 18 heavy (non-hydrogen) atoms. The van der Waals surface area contributed by atoms with Crippen molar-refractivity contribution in [3.8, 4) is 11.1 Å². The predicted molar refractivity (Wildman–Crippen MR) is 62.3 cm³/mol. The monoisotopic (exact) mass is 250 g/mol. The largest absolute Gasteiger partial charge is 0.417 e. The highest BCUT2D eigenvalue weighted by Gasteiger charge is 2.33. The van der Waals surface area contributed by atoms with Gasteiger partial charge in [-0.15, -0.1) is 0 Å². The van der Waals surface area contributed by atoms with Gasteiger partial charge in [-0.1, -0.05) is 42.5 Å². The topological polar surface area (TPSA) is 17.1 Å². The highest BCUT2D eigenvalue weighted by atomic mass is 19.4. The number of hydrogen-bond acceptors (Lipinski definition) is 1. The van der Waals surface area contributed by atoms with Crippen LogP contribution >= 0.6 is 0 Å². The van der Waals surface area contributed by atoms with E-state index in [1.807, 2.05) is 0 Å². The predicted octanol–water partition coefficient (Wildman–Crippen LogP) is 4.18. The third-order valence-corrected chi connectivity index (χ3v) is 2.59. The summed E-state index contributed by atoms with van der Waals surface area (Å²) in [6.45, 7) is 0. The van der Waals surface area contributed by atoms with Crippen LogP contribution in [0.2, 0.25) is 0 Å². The van der Waals surface area contributed by atoms with Gasteiger partial charge in [0.2, 0.25) is 0 Å². The molecule has 0 amide bonds. The second-order valence-electron chi connectivity index (χ2n) is 3.78. The maximum absolute atomic E-state index is 12.8. The Bertz CT molecular complexity index is 559. The molecule has 0 heterocycles. The van der Waals surface area contributed by atoms with Gasteiger partial charge in [0.05, 0.1) is 5.56 Å². The molecule has 0 bridgehead atoms. The summed E-state index contributed by atoms with van der Waals surface area (Å²) in [4.78, 5) is 10.6. The third-order valence-electron chi connectivity index (χ3n) is 2.59. The maximum Gasteiger partial charge on any atom is 0.417 e. The molecule has 0 aliphatic carbocycles. The molecule has 0 aliphatic rings. The fourth-order valence-electron chi connectivity index (χ4n) is 1.71. The summed E-state index contributed by atoms with van der Waals surface area (Å²) in [5.41, 5.74) is -0.130. The third kappa shape index (κ3) is 2.42. The highest BCUT2D eigenvalue weighted by molar-refractivity contribution is 5.80. The Balaban J connectivity index is 2.57. The summed E-state index contributed by atoms with van der Waals surface area (Å²) in [7, 11) is 0. The number of hydrogen-bond donors (Lipinski definition) is 0. The quantitative estimate of drug-likeness (QED) is 0.730. The van der Waals surface area contributed by atoms with E-state index >= 15 is 0 Å². The van der Waals surface area contributed by atoms with E-state index in [-0.39, 0.29) is 11.8 Å². The van der Waals surface area contributed by atoms with Crippen LogP contribution in [0.3, 0.4) is 0 Å². The average Bonchev–Trinajstić information content (AvgIpc) is 2.38. The van der Waals surface area contributed by atoms with Crippen LogP contribution in [0.4, 0.5) is 13.2 Å². The molecule has 2 aromatic rings. The second kappa shape index (κ2) is 4.64. The summed E-state index contributed by atoms with van der Waals surface area (Å²) < 4.78 is 38.3. The van der Waals surface area contributed by atoms with Crippen LogP contribution in [-0.4, -0.2) is 6.29 Å². The number of rotatable bonds is 2. The SMILES string of the molecule is O=Cc1ccc(-c2ccccc2)cc1C(F)(F)F. The summed E-state index contributed by atoms with van der Waals surface area (Å²) in [6.07, 6.45) is -4.31. The zero-order valence-corrected chi connectivity index (χ0v) is 9.24. The van der Waals surface area contributed by atoms with Crippen LogP contribution in [-0.2, 0) is 6.18 Å². The fourth-order valence-corrected chi connectivity index (χ4v) is 1.71. The molecule has 0 fully saturated rings. The number of alkyl halides is 3. The van der Waals surface area contributed by atoms with Gasteiger partial charge in [0.25, 0.3) is 0 Å². The molecule has 0 saturated carbocycles. The summed E-state index contributed by atoms with van der Waals surface area (Å²) >= 11 is 0. The molecule has 0 saturated heterocycles. The van der Waals surface area contributed by atoms with Gasteiger partial charge in [-0.05, 0) is 17.2 Å². The van der Waals surface area contributed by atoms with Crippen LogP contribution in [0.5, 0.6) is 0 Å². The molecule has 0 spiro atoms. The van der Waals surface area contributed by atoms with E-state index in [0.717, 1.165) is 6.07 Å². The first-order valence-corrected chi connectivity index (χ1v) is 5.24. The Hall–Kier alpha value is -2.10. The smallest absolute Gasteiger partial charge is 0.298 e. The lowest BCUT2D eigenvalue weighted by molar-refractivity contribution is -0.137. The lowest BCUT2D eigenvalue weighted by Crippen LogP contribution is -2.09. The first-order valence-electron chi connectivity index (χ1n) is 5.24. The lowest BCUT2D eigenvalue weighted by Gasteiger charge is -2.11. The second-order valence-corrected chi connectivity index (χ2v) is 3.78. The van der Waals surface area contributed by atoms with E-state index in [9.17, 15) is 18.0 Å². The molecule has 0 aliphatic heterocycles. The number of carbonyl (C=O) groups excluding carboxylic acids is 1. The van der Waals surface area contributed by atoms with Crippen LogP contribution in [0, 0.1) is 0 Å². The number of carbonyl (C=O) groups is 1. The Morgan fingerprint density at radius 3 is 2.11 bits per heavy atom. The Morgan fingerprint density at radius 2 is 1.56 bits per heavy atom. The van der Waals surface area contributed by atoms with Crippen molar-refractivity contribution in [3.63, 3.8) is 0 Å². The van der Waals surface area contributed by atoms with E-state index < -0.39 is 11.7 Å². The van der Waals surface area contributed by atoms with Crippen LogP contribution in [0.1, 0.15) is 15.9 Å². The first-order chi connectivity index (χ1) is 8.52. The molecule has 0 atom stereocenters. The van der Waals surface area contributed by atoms with Crippen LogP contribution in [0.25, 0.3) is 11.1 Å². The van der Waals surface area contributed by atoms with Crippen molar-refractivity contribution < 1.29 is 18.0 Å². The molecule has 0 aromatic heterocycles. The molecule has 4 heteroatoms. The molecule has 2 aromatic carbocycles. The van der Waals surface area contributed by atoms with Crippen LogP contribution < -0.4 is 0 Å². The van der Waals surface area contributed by atoms with Crippen molar-refractivity contribution in [3.05, 3.63) is 59.7 Å². The molecule has 2 rings (SSSR count). The van der Waals surface area contributed by atoms with Gasteiger partial charge >= 0.3 is 6.18 Å². The van der Waals surface area contributed by atoms with E-state index in [2.05, 4.69) is 0 Å². The van der Waals surface area contributed by atoms with E-state index in [0.29, 0.717) is 11.1 Å². The van der Waals surface area contributed by atoms with Crippen molar-refractivity contribution in [2.45, 2.75) is 6.18 Å². The Labute approximate surface area is 102 Å². The van der Waals surface area contributed by atoms with E-state index in [1.54, 1.807) is 30.3 Å². The molecule has 0 N–H and O–H groups in total. The minimum absolute atomic E-state index is 0.220. The lowest BCUT2D eigenvalue weighted by atomic mass is 9.99. The van der Waals surface area contributed by atoms with Gasteiger partial charge in [0.15, 0.2) is 6.29 Å². The average molecular weight is 250 g/mol. The maximum atomic E-state index is 12.8. The molecule has 0 unspecified atom stereocenters. The molecule has 92 valence electrons. The summed E-state index contributed by atoms with van der Waals surface area (Å²) in [6, 6.07) is 12.4. The zero-order valence-electron chi connectivity index (χ0n) is 9.24. The van der Waals surface area contributed by atoms with Gasteiger partial charge in [0, 0.05) is 5.56 Å². The van der Waals surface area contributed by atoms with Crippen molar-refractivity contribution in [1.82, 2.24) is 0 Å². The molecule has 1 nitrogen and oxygen atoms in total. The standard InChI is InChI=1S/C14H9F3O/c15-14(16,17)13-8-11(6-7-12(13)9-18)10-4-2-1-3-5-10/h1-9H. The Morgan fingerprint density at radius 1 is 0.889 bits per heavy atom. The zero-order chi connectivity index (χ0) is 13.2. The highest BCUT2D eigenvalue weighted by Crippen LogP contribution is 2.34. The summed E-state index contributed by atoms with van der Waals surface area (Å²) in [5.74, 6) is 0. The van der Waals surface area contributed by atoms with Gasteiger partial charge in [-0.25, -0.2) is 0 Å². The van der Waals surface area contributed by atoms with Crippen molar-refractivity contribution in [2.24, 2.45) is 0 Å². The number of aldehydes is 1. The normalized spacial score (nSPS) is 11.3. The fraction of sp³-hybridized carbons (Fsp3) is 0.0714. The van der Waals surface area contributed by atoms with Gasteiger partial charge < -0.3 is 0 Å². The minimum Gasteiger partial charge on any atom is -0.298 e. The van der Waals surface area contributed by atoms with Crippen molar-refractivity contribution >= 4 is 6.29 Å². The minimum atomic E-state index is -4.53. The van der Waals surface area contributed by atoms with Gasteiger partial charge in [0.1, 0.15) is 0 Å². The first kappa shape index (κ1) is 12.4. The van der Waals surface area contributed by atoms with Gasteiger partial charge in [-0.3, -0.25) is 4.79 Å².